The molecule has 0 atom stereocenters. The van der Waals surface area contributed by atoms with Crippen LogP contribution in [0.15, 0.2) is 52.5 Å². The van der Waals surface area contributed by atoms with Crippen molar-refractivity contribution < 1.29 is 9.94 Å². The molecule has 0 saturated heterocycles. The quantitative estimate of drug-likeness (QED) is 0.437. The van der Waals surface area contributed by atoms with E-state index in [2.05, 4.69) is 15.5 Å². The van der Waals surface area contributed by atoms with E-state index in [-0.39, 0.29) is 11.1 Å². The van der Waals surface area contributed by atoms with E-state index in [9.17, 15) is 4.79 Å². The maximum atomic E-state index is 12.6. The van der Waals surface area contributed by atoms with Gasteiger partial charge < -0.3 is 15.3 Å². The fraction of sp³-hybridized carbons (Fsp3) is 0.118. The summed E-state index contributed by atoms with van der Waals surface area (Å²) in [5.74, 6) is 1.04. The molecule has 0 aliphatic heterocycles. The summed E-state index contributed by atoms with van der Waals surface area (Å²) in [6, 6.07) is 10.8. The summed E-state index contributed by atoms with van der Waals surface area (Å²) in [6.07, 6.45) is 2.71. The number of benzene rings is 1. The minimum atomic E-state index is -0.322. The second kappa shape index (κ2) is 6.41. The Balaban J connectivity index is 2.15. The third-order valence-corrected chi connectivity index (χ3v) is 3.62. The number of hydrogen-bond donors (Lipinski definition) is 2. The molecule has 0 saturated carbocycles. The Morgan fingerprint density at radius 1 is 1.29 bits per heavy atom. The second-order valence-electron chi connectivity index (χ2n) is 5.16. The van der Waals surface area contributed by atoms with Gasteiger partial charge in [0.05, 0.1) is 13.3 Å². The predicted molar refractivity (Wildman–Crippen MR) is 91.9 cm³/mol. The number of oxime groups is 1. The summed E-state index contributed by atoms with van der Waals surface area (Å²) < 4.78 is 6.55. The molecule has 7 heteroatoms. The molecule has 0 aliphatic carbocycles. The fourth-order valence-corrected chi connectivity index (χ4v) is 2.39. The number of nitrogens with one attached hydrogen (secondary N) is 1. The highest BCUT2D eigenvalue weighted by Crippen LogP contribution is 2.20. The average Bonchev–Trinajstić information content (AvgIpc) is 2.60. The lowest BCUT2D eigenvalue weighted by molar-refractivity contribution is 0.322. The third-order valence-electron chi connectivity index (χ3n) is 3.62. The molecule has 0 fully saturated rings. The monoisotopic (exact) mass is 324 g/mol. The number of pyridine rings is 1. The molecule has 7 nitrogen and oxygen atoms in total. The summed E-state index contributed by atoms with van der Waals surface area (Å²) in [5, 5.41) is 15.0. The molecule has 0 amide bonds. The lowest BCUT2D eigenvalue weighted by atomic mass is 10.2. The lowest BCUT2D eigenvalue weighted by Crippen LogP contribution is -2.22. The normalized spacial score (nSPS) is 11.1. The molecule has 24 heavy (non-hydrogen) atoms. The number of methoxy groups -OCH3 is 1. The van der Waals surface area contributed by atoms with Crippen LogP contribution in [0.2, 0.25) is 0 Å². The van der Waals surface area contributed by atoms with Gasteiger partial charge >= 0.3 is 0 Å². The van der Waals surface area contributed by atoms with Gasteiger partial charge in [0.15, 0.2) is 0 Å². The number of anilines is 2. The van der Waals surface area contributed by atoms with Crippen LogP contribution in [0.5, 0.6) is 5.75 Å². The topological polar surface area (TPSA) is 88.2 Å². The highest BCUT2D eigenvalue weighted by atomic mass is 16.5. The van der Waals surface area contributed by atoms with E-state index in [0.29, 0.717) is 11.5 Å². The molecule has 0 unspecified atom stereocenters. The van der Waals surface area contributed by atoms with Crippen LogP contribution in [0.4, 0.5) is 11.5 Å². The predicted octanol–water partition coefficient (Wildman–Crippen LogP) is 2.56. The van der Waals surface area contributed by atoms with Crippen molar-refractivity contribution in [2.75, 3.05) is 12.4 Å². The van der Waals surface area contributed by atoms with Gasteiger partial charge in [0.25, 0.3) is 5.56 Å². The van der Waals surface area contributed by atoms with E-state index in [1.54, 1.807) is 43.6 Å². The molecule has 122 valence electrons. The minimum absolute atomic E-state index is 0.163. The van der Waals surface area contributed by atoms with E-state index in [1.807, 2.05) is 13.0 Å². The third kappa shape index (κ3) is 2.79. The SMILES string of the molecule is COc1ccc(Nc2nc3c(C)cccn3c(=O)c2/C=N/O)cc1. The Kier molecular flexibility index (Phi) is 4.15. The van der Waals surface area contributed by atoms with Crippen molar-refractivity contribution in [3.05, 3.63) is 64.1 Å². The number of rotatable bonds is 4. The molecule has 2 heterocycles. The number of fused-ring (bicyclic) bond motifs is 1. The van der Waals surface area contributed by atoms with Crippen LogP contribution in [0, 0.1) is 6.92 Å². The summed E-state index contributed by atoms with van der Waals surface area (Å²) in [7, 11) is 1.59. The van der Waals surface area contributed by atoms with Crippen molar-refractivity contribution in [3.8, 4) is 5.75 Å². The standard InChI is InChI=1S/C17H16N4O3/c1-11-4-3-9-21-16(11)20-15(14(10-18-23)17(21)22)19-12-5-7-13(24-2)8-6-12/h3-10,19,23H,1-2H3/b18-10+. The molecular formula is C17H16N4O3. The molecule has 1 aromatic carbocycles. The summed E-state index contributed by atoms with van der Waals surface area (Å²) in [5.41, 5.74) is 1.97. The zero-order valence-corrected chi connectivity index (χ0v) is 13.2. The Bertz CT molecular complexity index is 962. The highest BCUT2D eigenvalue weighted by Gasteiger charge is 2.13. The zero-order chi connectivity index (χ0) is 17.1. The van der Waals surface area contributed by atoms with Crippen molar-refractivity contribution in [3.63, 3.8) is 0 Å². The summed E-state index contributed by atoms with van der Waals surface area (Å²) in [6.45, 7) is 1.87. The van der Waals surface area contributed by atoms with Crippen LogP contribution < -0.4 is 15.6 Å². The van der Waals surface area contributed by atoms with Crippen LogP contribution in [0.3, 0.4) is 0 Å². The first-order valence-electron chi connectivity index (χ1n) is 7.24. The van der Waals surface area contributed by atoms with E-state index >= 15 is 0 Å². The van der Waals surface area contributed by atoms with Crippen LogP contribution in [0.1, 0.15) is 11.1 Å². The molecule has 2 aromatic heterocycles. The smallest absolute Gasteiger partial charge is 0.269 e. The van der Waals surface area contributed by atoms with Crippen molar-refractivity contribution in [2.45, 2.75) is 6.92 Å². The van der Waals surface area contributed by atoms with Gasteiger partial charge in [-0.3, -0.25) is 9.20 Å². The van der Waals surface area contributed by atoms with Crippen molar-refractivity contribution in [2.24, 2.45) is 5.16 Å². The van der Waals surface area contributed by atoms with Crippen LogP contribution in [-0.2, 0) is 0 Å². The second-order valence-corrected chi connectivity index (χ2v) is 5.16. The zero-order valence-electron chi connectivity index (χ0n) is 13.2. The minimum Gasteiger partial charge on any atom is -0.497 e. The Morgan fingerprint density at radius 2 is 2.04 bits per heavy atom. The number of aromatic nitrogens is 2. The first-order valence-corrected chi connectivity index (χ1v) is 7.24. The molecular weight excluding hydrogens is 308 g/mol. The van der Waals surface area contributed by atoms with Crippen LogP contribution >= 0.6 is 0 Å². The number of nitrogens with zero attached hydrogens (tertiary/aromatic N) is 3. The Morgan fingerprint density at radius 3 is 2.71 bits per heavy atom. The molecule has 0 spiro atoms. The van der Waals surface area contributed by atoms with Gasteiger partial charge in [0.1, 0.15) is 22.8 Å². The van der Waals surface area contributed by atoms with E-state index in [0.717, 1.165) is 23.2 Å². The molecule has 3 rings (SSSR count). The maximum absolute atomic E-state index is 12.6. The fourth-order valence-electron chi connectivity index (χ4n) is 2.39. The molecule has 0 radical (unpaired) electrons. The van der Waals surface area contributed by atoms with Gasteiger partial charge in [0, 0.05) is 11.9 Å². The highest BCUT2D eigenvalue weighted by molar-refractivity contribution is 5.87. The number of aryl methyl sites for hydroxylation is 1. The van der Waals surface area contributed by atoms with E-state index < -0.39 is 0 Å². The van der Waals surface area contributed by atoms with Gasteiger partial charge in [-0.05, 0) is 42.8 Å². The van der Waals surface area contributed by atoms with Gasteiger partial charge in [0.2, 0.25) is 0 Å². The first kappa shape index (κ1) is 15.5. The largest absolute Gasteiger partial charge is 0.497 e. The van der Waals surface area contributed by atoms with E-state index in [4.69, 9.17) is 9.94 Å². The number of ether oxygens (including phenoxy) is 1. The van der Waals surface area contributed by atoms with Crippen LogP contribution in [0.25, 0.3) is 5.65 Å². The van der Waals surface area contributed by atoms with Crippen molar-refractivity contribution in [1.29, 1.82) is 0 Å². The molecule has 2 N–H and O–H groups in total. The number of hydrogen-bond acceptors (Lipinski definition) is 6. The lowest BCUT2D eigenvalue weighted by Gasteiger charge is -2.11. The van der Waals surface area contributed by atoms with Gasteiger partial charge in [-0.15, -0.1) is 0 Å². The van der Waals surface area contributed by atoms with Crippen LogP contribution in [-0.4, -0.2) is 27.9 Å². The van der Waals surface area contributed by atoms with Gasteiger partial charge in [-0.1, -0.05) is 11.2 Å². The first-order chi connectivity index (χ1) is 11.6. The molecule has 0 aliphatic rings. The van der Waals surface area contributed by atoms with E-state index in [1.165, 1.54) is 4.40 Å². The van der Waals surface area contributed by atoms with Gasteiger partial charge in [-0.2, -0.15) is 0 Å². The Labute approximate surface area is 137 Å². The average molecular weight is 324 g/mol. The molecule has 3 aromatic rings. The Hall–Kier alpha value is -3.35. The summed E-state index contributed by atoms with van der Waals surface area (Å²) in [4.78, 5) is 17.2. The van der Waals surface area contributed by atoms with Gasteiger partial charge in [-0.25, -0.2) is 4.98 Å². The molecule has 0 bridgehead atoms. The van der Waals surface area contributed by atoms with Crippen molar-refractivity contribution in [1.82, 2.24) is 9.38 Å². The summed E-state index contributed by atoms with van der Waals surface area (Å²) >= 11 is 0. The van der Waals surface area contributed by atoms with Crippen molar-refractivity contribution >= 4 is 23.4 Å². The maximum Gasteiger partial charge on any atom is 0.269 e.